The van der Waals surface area contributed by atoms with Crippen molar-refractivity contribution in [2.24, 2.45) is 11.7 Å². The van der Waals surface area contributed by atoms with Crippen molar-refractivity contribution < 1.29 is 9.53 Å². The highest BCUT2D eigenvalue weighted by Crippen LogP contribution is 2.29. The largest absolute Gasteiger partial charge is 0.379 e. The Hall–Kier alpha value is -0.410. The molecule has 0 aromatic carbocycles. The molecule has 1 heterocycles. The predicted molar refractivity (Wildman–Crippen MR) is 58.6 cm³/mol. The molecule has 1 saturated heterocycles. The quantitative estimate of drug-likeness (QED) is 0.772. The summed E-state index contributed by atoms with van der Waals surface area (Å²) in [5, 5.41) is 0. The van der Waals surface area contributed by atoms with E-state index in [0.29, 0.717) is 32.0 Å². The minimum Gasteiger partial charge on any atom is -0.379 e. The summed E-state index contributed by atoms with van der Waals surface area (Å²) in [6.45, 7) is 1.07. The second kappa shape index (κ2) is 4.62. The summed E-state index contributed by atoms with van der Waals surface area (Å²) >= 11 is 0. The van der Waals surface area contributed by atoms with E-state index < -0.39 is 5.54 Å². The molecule has 15 heavy (non-hydrogen) atoms. The summed E-state index contributed by atoms with van der Waals surface area (Å²) in [7, 11) is 0. The Bertz CT molecular complexity index is 228. The van der Waals surface area contributed by atoms with E-state index in [9.17, 15) is 4.79 Å². The van der Waals surface area contributed by atoms with Crippen LogP contribution >= 0.6 is 0 Å². The molecule has 0 bridgehead atoms. The van der Waals surface area contributed by atoms with Gasteiger partial charge in [0.15, 0.2) is 5.78 Å². The van der Waals surface area contributed by atoms with E-state index in [1.807, 2.05) is 0 Å². The highest BCUT2D eigenvalue weighted by atomic mass is 16.5. The van der Waals surface area contributed by atoms with Crippen LogP contribution in [0, 0.1) is 5.92 Å². The van der Waals surface area contributed by atoms with Crippen LogP contribution in [-0.2, 0) is 9.53 Å². The van der Waals surface area contributed by atoms with Crippen molar-refractivity contribution >= 4 is 5.78 Å². The first-order chi connectivity index (χ1) is 7.21. The topological polar surface area (TPSA) is 52.3 Å². The normalized spacial score (nSPS) is 33.1. The minimum atomic E-state index is -0.655. The monoisotopic (exact) mass is 211 g/mol. The molecule has 2 N–H and O–H groups in total. The zero-order valence-electron chi connectivity index (χ0n) is 9.34. The molecule has 0 spiro atoms. The van der Waals surface area contributed by atoms with E-state index >= 15 is 0 Å². The van der Waals surface area contributed by atoms with Gasteiger partial charge in [-0.2, -0.15) is 0 Å². The number of hydrogen-bond acceptors (Lipinski definition) is 3. The van der Waals surface area contributed by atoms with Crippen molar-refractivity contribution in [3.05, 3.63) is 0 Å². The highest BCUT2D eigenvalue weighted by molar-refractivity contribution is 5.88. The standard InChI is InChI=1S/C12H21NO2/c13-12(6-7-15-9-12)11(14)8-10-4-2-1-3-5-10/h10H,1-9,13H2. The molecule has 1 aliphatic heterocycles. The van der Waals surface area contributed by atoms with Gasteiger partial charge in [0, 0.05) is 13.0 Å². The van der Waals surface area contributed by atoms with Crippen molar-refractivity contribution in [2.45, 2.75) is 50.5 Å². The van der Waals surface area contributed by atoms with Crippen LogP contribution in [-0.4, -0.2) is 24.5 Å². The molecule has 0 radical (unpaired) electrons. The number of hydrogen-bond donors (Lipinski definition) is 1. The van der Waals surface area contributed by atoms with E-state index in [1.165, 1.54) is 32.1 Å². The fraction of sp³-hybridized carbons (Fsp3) is 0.917. The number of carbonyl (C=O) groups is 1. The number of Topliss-reactive ketones (excluding diaryl/α,β-unsaturated/α-hetero) is 1. The molecule has 0 aromatic rings. The highest BCUT2D eigenvalue weighted by Gasteiger charge is 2.38. The molecule has 86 valence electrons. The summed E-state index contributed by atoms with van der Waals surface area (Å²) in [5.41, 5.74) is 5.39. The van der Waals surface area contributed by atoms with Gasteiger partial charge < -0.3 is 10.5 Å². The Kier molecular flexibility index (Phi) is 3.42. The summed E-state index contributed by atoms with van der Waals surface area (Å²) < 4.78 is 5.22. The van der Waals surface area contributed by atoms with Gasteiger partial charge in [-0.15, -0.1) is 0 Å². The van der Waals surface area contributed by atoms with Crippen molar-refractivity contribution in [2.75, 3.05) is 13.2 Å². The van der Waals surface area contributed by atoms with Crippen molar-refractivity contribution in [1.29, 1.82) is 0 Å². The molecule has 2 rings (SSSR count). The van der Waals surface area contributed by atoms with Crippen LogP contribution in [0.3, 0.4) is 0 Å². The molecule has 1 saturated carbocycles. The maximum absolute atomic E-state index is 12.0. The van der Waals surface area contributed by atoms with Crippen molar-refractivity contribution in [3.8, 4) is 0 Å². The molecular weight excluding hydrogens is 190 g/mol. The molecule has 0 amide bonds. The van der Waals surface area contributed by atoms with Gasteiger partial charge in [-0.05, 0) is 12.3 Å². The van der Waals surface area contributed by atoms with Crippen LogP contribution < -0.4 is 5.73 Å². The molecule has 2 aliphatic rings. The summed E-state index contributed by atoms with van der Waals surface area (Å²) in [6, 6.07) is 0. The maximum Gasteiger partial charge on any atom is 0.155 e. The fourth-order valence-electron chi connectivity index (χ4n) is 2.66. The molecule has 1 atom stereocenters. The van der Waals surface area contributed by atoms with E-state index in [0.717, 1.165) is 0 Å². The van der Waals surface area contributed by atoms with Crippen molar-refractivity contribution in [1.82, 2.24) is 0 Å². The van der Waals surface area contributed by atoms with Crippen LogP contribution in [0.2, 0.25) is 0 Å². The maximum atomic E-state index is 12.0. The summed E-state index contributed by atoms with van der Waals surface area (Å²) in [5.74, 6) is 0.819. The number of rotatable bonds is 3. The van der Waals surface area contributed by atoms with Gasteiger partial charge in [-0.1, -0.05) is 32.1 Å². The zero-order valence-corrected chi connectivity index (χ0v) is 9.34. The van der Waals surface area contributed by atoms with E-state index in [2.05, 4.69) is 0 Å². The zero-order chi connectivity index (χ0) is 10.7. The van der Waals surface area contributed by atoms with Crippen LogP contribution in [0.4, 0.5) is 0 Å². The molecule has 3 nitrogen and oxygen atoms in total. The van der Waals surface area contributed by atoms with E-state index in [1.54, 1.807) is 0 Å². The Morgan fingerprint density at radius 1 is 1.33 bits per heavy atom. The Labute approximate surface area is 91.4 Å². The second-order valence-corrected chi connectivity index (χ2v) is 5.09. The van der Waals surface area contributed by atoms with Crippen LogP contribution in [0.15, 0.2) is 0 Å². The second-order valence-electron chi connectivity index (χ2n) is 5.09. The van der Waals surface area contributed by atoms with Crippen LogP contribution in [0.25, 0.3) is 0 Å². The average molecular weight is 211 g/mol. The smallest absolute Gasteiger partial charge is 0.155 e. The molecular formula is C12H21NO2. The lowest BCUT2D eigenvalue weighted by atomic mass is 9.81. The van der Waals surface area contributed by atoms with E-state index in [-0.39, 0.29) is 5.78 Å². The van der Waals surface area contributed by atoms with Crippen LogP contribution in [0.5, 0.6) is 0 Å². The number of carbonyl (C=O) groups excluding carboxylic acids is 1. The van der Waals surface area contributed by atoms with Gasteiger partial charge in [-0.3, -0.25) is 4.79 Å². The van der Waals surface area contributed by atoms with E-state index in [4.69, 9.17) is 10.5 Å². The predicted octanol–water partition coefficient (Wildman–Crippen LogP) is 1.64. The summed E-state index contributed by atoms with van der Waals surface area (Å²) in [6.07, 6.45) is 7.71. The third kappa shape index (κ3) is 2.58. The lowest BCUT2D eigenvalue weighted by Crippen LogP contribution is -2.49. The van der Waals surface area contributed by atoms with Crippen molar-refractivity contribution in [3.63, 3.8) is 0 Å². The Balaban J connectivity index is 1.85. The van der Waals surface area contributed by atoms with Gasteiger partial charge in [0.1, 0.15) is 5.54 Å². The molecule has 3 heteroatoms. The van der Waals surface area contributed by atoms with Gasteiger partial charge in [0.25, 0.3) is 0 Å². The van der Waals surface area contributed by atoms with Gasteiger partial charge in [0.05, 0.1) is 6.61 Å². The first kappa shape index (κ1) is 11.1. The van der Waals surface area contributed by atoms with Gasteiger partial charge in [-0.25, -0.2) is 0 Å². The first-order valence-electron chi connectivity index (χ1n) is 6.11. The average Bonchev–Trinajstić information content (AvgIpc) is 2.68. The third-order valence-electron chi connectivity index (χ3n) is 3.81. The number of ketones is 1. The lowest BCUT2D eigenvalue weighted by molar-refractivity contribution is -0.125. The summed E-state index contributed by atoms with van der Waals surface area (Å²) in [4.78, 5) is 12.0. The number of nitrogens with two attached hydrogens (primary N) is 1. The molecule has 0 aromatic heterocycles. The SMILES string of the molecule is NC1(C(=O)CC2CCCCC2)CCOC1. The molecule has 1 aliphatic carbocycles. The van der Waals surface area contributed by atoms with Gasteiger partial charge in [0.2, 0.25) is 0 Å². The Morgan fingerprint density at radius 3 is 2.67 bits per heavy atom. The first-order valence-corrected chi connectivity index (χ1v) is 6.11. The molecule has 1 unspecified atom stereocenters. The van der Waals surface area contributed by atoms with Gasteiger partial charge >= 0.3 is 0 Å². The fourth-order valence-corrected chi connectivity index (χ4v) is 2.66. The third-order valence-corrected chi connectivity index (χ3v) is 3.81. The minimum absolute atomic E-state index is 0.229. The Morgan fingerprint density at radius 2 is 2.07 bits per heavy atom. The molecule has 2 fully saturated rings. The number of ether oxygens (including phenoxy) is 1. The van der Waals surface area contributed by atoms with Crippen LogP contribution in [0.1, 0.15) is 44.9 Å². The lowest BCUT2D eigenvalue weighted by Gasteiger charge is -2.26.